The molecular weight excluding hydrogens is 398 g/mol. The summed E-state index contributed by atoms with van der Waals surface area (Å²) in [6, 6.07) is 21.0. The highest BCUT2D eigenvalue weighted by atomic mass is 16.5. The van der Waals surface area contributed by atoms with Crippen molar-refractivity contribution in [3.63, 3.8) is 0 Å². The molecule has 0 radical (unpaired) electrons. The fourth-order valence-corrected chi connectivity index (χ4v) is 5.72. The van der Waals surface area contributed by atoms with Crippen molar-refractivity contribution in [1.82, 2.24) is 9.55 Å². The first kappa shape index (κ1) is 18.4. The van der Waals surface area contributed by atoms with Crippen LogP contribution in [0.15, 0.2) is 71.7 Å². The Bertz CT molecular complexity index is 1400. The number of hydrogen-bond donors (Lipinski definition) is 0. The highest BCUT2D eigenvalue weighted by molar-refractivity contribution is 5.93. The second-order valence-corrected chi connectivity index (χ2v) is 9.47. The third kappa shape index (κ3) is 2.88. The molecule has 4 aromatic rings. The number of pyridine rings is 2. The van der Waals surface area contributed by atoms with Crippen LogP contribution in [-0.2, 0) is 4.74 Å². The molecule has 160 valence electrons. The fraction of sp³-hybridized carbons (Fsp3) is 0.333. The molecule has 5 heteroatoms. The molecule has 2 aromatic heterocycles. The van der Waals surface area contributed by atoms with Crippen LogP contribution in [0, 0.1) is 0 Å². The van der Waals surface area contributed by atoms with Crippen LogP contribution in [0.1, 0.15) is 36.9 Å². The SMILES string of the molecule is O=c1c2c(N3C[C@H]4CC[C@@H](C3)O4)cccc2ccn1C1CC1c1ccc2ccccc2n1. The molecule has 7 rings (SSSR count). The number of morpholine rings is 1. The predicted molar refractivity (Wildman–Crippen MR) is 126 cm³/mol. The topological polar surface area (TPSA) is 47.4 Å². The van der Waals surface area contributed by atoms with Crippen LogP contribution < -0.4 is 10.5 Å². The number of rotatable bonds is 3. The highest BCUT2D eigenvalue weighted by Gasteiger charge is 2.42. The Kier molecular flexibility index (Phi) is 3.97. The van der Waals surface area contributed by atoms with Gasteiger partial charge in [0, 0.05) is 42.3 Å². The van der Waals surface area contributed by atoms with Crippen molar-refractivity contribution in [2.24, 2.45) is 0 Å². The molecule has 2 unspecified atom stereocenters. The molecule has 2 aliphatic heterocycles. The van der Waals surface area contributed by atoms with Crippen molar-refractivity contribution in [2.75, 3.05) is 18.0 Å². The van der Waals surface area contributed by atoms with Gasteiger partial charge in [0.15, 0.2) is 0 Å². The number of benzene rings is 2. The zero-order chi connectivity index (χ0) is 21.2. The zero-order valence-electron chi connectivity index (χ0n) is 17.9. The summed E-state index contributed by atoms with van der Waals surface area (Å²) in [5.41, 5.74) is 3.28. The van der Waals surface area contributed by atoms with Crippen LogP contribution in [0.5, 0.6) is 0 Å². The average Bonchev–Trinajstić information content (AvgIpc) is 3.55. The lowest BCUT2D eigenvalue weighted by Crippen LogP contribution is -2.43. The van der Waals surface area contributed by atoms with E-state index < -0.39 is 0 Å². The van der Waals surface area contributed by atoms with E-state index in [4.69, 9.17) is 9.72 Å². The molecule has 4 heterocycles. The zero-order valence-corrected chi connectivity index (χ0v) is 17.9. The minimum absolute atomic E-state index is 0.116. The maximum Gasteiger partial charge on any atom is 0.260 e. The number of aromatic nitrogens is 2. The summed E-state index contributed by atoms with van der Waals surface area (Å²) < 4.78 is 7.97. The lowest BCUT2D eigenvalue weighted by atomic mass is 10.1. The molecule has 1 saturated carbocycles. The summed E-state index contributed by atoms with van der Waals surface area (Å²) in [4.78, 5) is 21.0. The Labute approximate surface area is 186 Å². The van der Waals surface area contributed by atoms with Gasteiger partial charge in [0.05, 0.1) is 28.8 Å². The van der Waals surface area contributed by atoms with Crippen LogP contribution in [0.25, 0.3) is 21.7 Å². The van der Waals surface area contributed by atoms with Gasteiger partial charge in [-0.1, -0.05) is 36.4 Å². The number of fused-ring (bicyclic) bond motifs is 4. The van der Waals surface area contributed by atoms with Crippen molar-refractivity contribution >= 4 is 27.4 Å². The van der Waals surface area contributed by atoms with Gasteiger partial charge in [-0.25, -0.2) is 0 Å². The van der Waals surface area contributed by atoms with Crippen LogP contribution in [0.3, 0.4) is 0 Å². The highest BCUT2D eigenvalue weighted by Crippen LogP contribution is 2.50. The Balaban J connectivity index is 1.26. The molecule has 1 aliphatic carbocycles. The van der Waals surface area contributed by atoms with E-state index in [0.29, 0.717) is 18.1 Å². The molecule has 0 spiro atoms. The van der Waals surface area contributed by atoms with Gasteiger partial charge in [0.1, 0.15) is 0 Å². The van der Waals surface area contributed by atoms with Gasteiger partial charge in [-0.05, 0) is 48.9 Å². The van der Waals surface area contributed by atoms with Crippen LogP contribution >= 0.6 is 0 Å². The fourth-order valence-electron chi connectivity index (χ4n) is 5.72. The van der Waals surface area contributed by atoms with E-state index in [2.05, 4.69) is 53.4 Å². The molecule has 3 aliphatic rings. The van der Waals surface area contributed by atoms with Crippen molar-refractivity contribution in [1.29, 1.82) is 0 Å². The van der Waals surface area contributed by atoms with Crippen molar-refractivity contribution in [2.45, 2.75) is 43.4 Å². The smallest absolute Gasteiger partial charge is 0.260 e. The number of ether oxygens (including phenoxy) is 1. The van der Waals surface area contributed by atoms with Gasteiger partial charge < -0.3 is 14.2 Å². The second-order valence-electron chi connectivity index (χ2n) is 9.47. The average molecular weight is 424 g/mol. The van der Waals surface area contributed by atoms with Gasteiger partial charge in [-0.2, -0.15) is 0 Å². The number of anilines is 1. The van der Waals surface area contributed by atoms with E-state index in [1.165, 1.54) is 0 Å². The van der Waals surface area contributed by atoms with Crippen LogP contribution in [-0.4, -0.2) is 34.8 Å². The van der Waals surface area contributed by atoms with Crippen molar-refractivity contribution in [3.8, 4) is 0 Å². The Morgan fingerprint density at radius 3 is 2.56 bits per heavy atom. The Hall–Kier alpha value is -3.18. The maximum absolute atomic E-state index is 13.7. The molecular formula is C27H25N3O2. The summed E-state index contributed by atoms with van der Waals surface area (Å²) in [5.74, 6) is 0.293. The van der Waals surface area contributed by atoms with Gasteiger partial charge in [-0.15, -0.1) is 0 Å². The lowest BCUT2D eigenvalue weighted by molar-refractivity contribution is 0.0306. The van der Waals surface area contributed by atoms with Gasteiger partial charge in [-0.3, -0.25) is 9.78 Å². The summed E-state index contributed by atoms with van der Waals surface area (Å²) in [5, 5.41) is 3.01. The number of para-hydroxylation sites is 1. The monoisotopic (exact) mass is 423 g/mol. The molecule has 32 heavy (non-hydrogen) atoms. The van der Waals surface area contributed by atoms with E-state index >= 15 is 0 Å². The summed E-state index contributed by atoms with van der Waals surface area (Å²) in [6.45, 7) is 1.74. The molecule has 5 nitrogen and oxygen atoms in total. The molecule has 3 fully saturated rings. The molecule has 0 amide bonds. The minimum atomic E-state index is 0.116. The van der Waals surface area contributed by atoms with E-state index in [-0.39, 0.29) is 11.6 Å². The number of nitrogens with zero attached hydrogens (tertiary/aromatic N) is 3. The molecule has 0 N–H and O–H groups in total. The number of hydrogen-bond acceptors (Lipinski definition) is 4. The Morgan fingerprint density at radius 2 is 1.69 bits per heavy atom. The second kappa shape index (κ2) is 6.91. The standard InChI is InChI=1S/C27H25N3O2/c31-27-26-18(5-3-7-24(26)29-15-19-9-10-20(16-29)32-19)12-13-30(27)25-14-21(25)23-11-8-17-4-1-2-6-22(17)28-23/h1-8,11-13,19-21,25H,9-10,14-16H2/t19-,20+,21?,25?. The third-order valence-electron chi connectivity index (χ3n) is 7.44. The summed E-state index contributed by atoms with van der Waals surface area (Å²) in [7, 11) is 0. The maximum atomic E-state index is 13.7. The van der Waals surface area contributed by atoms with E-state index in [1.54, 1.807) is 0 Å². The molecule has 4 atom stereocenters. The van der Waals surface area contributed by atoms with Crippen LogP contribution in [0.2, 0.25) is 0 Å². The first-order chi connectivity index (χ1) is 15.7. The largest absolute Gasteiger partial charge is 0.371 e. The summed E-state index contributed by atoms with van der Waals surface area (Å²) in [6.07, 6.45) is 5.77. The minimum Gasteiger partial charge on any atom is -0.371 e. The van der Waals surface area contributed by atoms with Crippen LogP contribution in [0.4, 0.5) is 5.69 Å². The summed E-state index contributed by atoms with van der Waals surface area (Å²) >= 11 is 0. The van der Waals surface area contributed by atoms with Crippen molar-refractivity contribution in [3.05, 3.63) is 82.9 Å². The Morgan fingerprint density at radius 1 is 0.875 bits per heavy atom. The van der Waals surface area contributed by atoms with Crippen molar-refractivity contribution < 1.29 is 4.74 Å². The normalized spacial score (nSPS) is 26.7. The first-order valence-electron chi connectivity index (χ1n) is 11.6. The molecule has 2 saturated heterocycles. The van der Waals surface area contributed by atoms with E-state index in [9.17, 15) is 4.79 Å². The lowest BCUT2D eigenvalue weighted by Gasteiger charge is -2.34. The third-order valence-corrected chi connectivity index (χ3v) is 7.44. The van der Waals surface area contributed by atoms with Gasteiger partial charge in [0.25, 0.3) is 5.56 Å². The van der Waals surface area contributed by atoms with E-state index in [0.717, 1.165) is 65.4 Å². The molecule has 2 bridgehead atoms. The quantitative estimate of drug-likeness (QED) is 0.481. The van der Waals surface area contributed by atoms with E-state index in [1.807, 2.05) is 22.9 Å². The first-order valence-corrected chi connectivity index (χ1v) is 11.6. The van der Waals surface area contributed by atoms with Gasteiger partial charge in [0.2, 0.25) is 0 Å². The van der Waals surface area contributed by atoms with Gasteiger partial charge >= 0.3 is 0 Å². The molecule has 2 aromatic carbocycles. The predicted octanol–water partition coefficient (Wildman–Crippen LogP) is 4.65.